The number of hydrogen-bond donors (Lipinski definition) is 1. The van der Waals surface area contributed by atoms with Gasteiger partial charge in [0.05, 0.1) is 0 Å². The average molecular weight is 230 g/mol. The van der Waals surface area contributed by atoms with E-state index in [1.165, 1.54) is 5.56 Å². The molecule has 0 fully saturated rings. The van der Waals surface area contributed by atoms with Gasteiger partial charge in [0.25, 0.3) is 0 Å². The van der Waals surface area contributed by atoms with Crippen molar-refractivity contribution in [3.8, 4) is 11.5 Å². The molecule has 3 nitrogen and oxygen atoms in total. The largest absolute Gasteiger partial charge is 0.454 e. The van der Waals surface area contributed by atoms with Gasteiger partial charge >= 0.3 is 0 Å². The molecule has 1 heterocycles. The summed E-state index contributed by atoms with van der Waals surface area (Å²) in [6.07, 6.45) is 0.961. The van der Waals surface area contributed by atoms with Crippen LogP contribution in [0.15, 0.2) is 18.2 Å². The summed E-state index contributed by atoms with van der Waals surface area (Å²) in [4.78, 5) is 0. The lowest BCUT2D eigenvalue weighted by atomic mass is 10.1. The summed E-state index contributed by atoms with van der Waals surface area (Å²) in [5, 5.41) is 3.21. The minimum Gasteiger partial charge on any atom is -0.454 e. The van der Waals surface area contributed by atoms with Crippen molar-refractivity contribution < 1.29 is 9.47 Å². The fraction of sp³-hybridized carbons (Fsp3) is 0.455. The third-order valence-electron chi connectivity index (χ3n) is 2.50. The van der Waals surface area contributed by atoms with Gasteiger partial charge in [0.2, 0.25) is 6.79 Å². The summed E-state index contributed by atoms with van der Waals surface area (Å²) in [6.45, 7) is 2.50. The number of nitrogens with one attached hydrogen (secondary N) is 1. The van der Waals surface area contributed by atoms with Crippen molar-refractivity contribution in [1.29, 1.82) is 0 Å². The van der Waals surface area contributed by atoms with Gasteiger partial charge in [0.1, 0.15) is 0 Å². The Bertz CT molecular complexity index is 330. The Kier molecular flexibility index (Phi) is 4.24. The summed E-state index contributed by atoms with van der Waals surface area (Å²) in [5.41, 5.74) is 1.21. The Morgan fingerprint density at radius 3 is 2.93 bits per heavy atom. The first-order valence-electron chi connectivity index (χ1n) is 4.86. The molecule has 0 amide bonds. The zero-order valence-corrected chi connectivity index (χ0v) is 9.76. The summed E-state index contributed by atoms with van der Waals surface area (Å²) in [6, 6.07) is 6.48. The Morgan fingerprint density at radius 2 is 2.20 bits per heavy atom. The highest BCUT2D eigenvalue weighted by Crippen LogP contribution is 2.35. The third kappa shape index (κ3) is 2.55. The molecule has 1 N–H and O–H groups in total. The number of para-hydroxylation sites is 1. The highest BCUT2D eigenvalue weighted by Gasteiger charge is 2.17. The molecule has 1 aromatic rings. The van der Waals surface area contributed by atoms with E-state index in [2.05, 4.69) is 18.3 Å². The molecule has 0 aliphatic carbocycles. The Hall–Kier alpha value is -0.930. The molecule has 4 heteroatoms. The van der Waals surface area contributed by atoms with Crippen LogP contribution in [-0.2, 0) is 6.42 Å². The first-order valence-corrected chi connectivity index (χ1v) is 4.86. The summed E-state index contributed by atoms with van der Waals surface area (Å²) in [5.74, 6) is 1.78. The van der Waals surface area contributed by atoms with Gasteiger partial charge in [-0.15, -0.1) is 12.4 Å². The molecule has 1 atom stereocenters. The van der Waals surface area contributed by atoms with Crippen LogP contribution in [-0.4, -0.2) is 19.9 Å². The van der Waals surface area contributed by atoms with Crippen molar-refractivity contribution >= 4 is 12.4 Å². The zero-order valence-electron chi connectivity index (χ0n) is 8.95. The minimum atomic E-state index is 0. The standard InChI is InChI=1S/C11H15NO2.ClH/c1-8(12-2)6-9-4-3-5-10-11(9)14-7-13-10;/h3-5,8,12H,6-7H2,1-2H3;1H. The molecule has 0 saturated carbocycles. The van der Waals surface area contributed by atoms with E-state index >= 15 is 0 Å². The van der Waals surface area contributed by atoms with Crippen molar-refractivity contribution in [2.24, 2.45) is 0 Å². The molecule has 0 bridgehead atoms. The highest BCUT2D eigenvalue weighted by molar-refractivity contribution is 5.85. The van der Waals surface area contributed by atoms with E-state index in [0.717, 1.165) is 17.9 Å². The second-order valence-corrected chi connectivity index (χ2v) is 3.54. The maximum absolute atomic E-state index is 5.42. The lowest BCUT2D eigenvalue weighted by molar-refractivity contribution is 0.173. The SMILES string of the molecule is CNC(C)Cc1cccc2c1OCO2.Cl. The smallest absolute Gasteiger partial charge is 0.231 e. The van der Waals surface area contributed by atoms with Crippen LogP contribution < -0.4 is 14.8 Å². The molecule has 84 valence electrons. The number of likely N-dealkylation sites (N-methyl/N-ethyl adjacent to an activating group) is 1. The summed E-state index contributed by atoms with van der Waals surface area (Å²) >= 11 is 0. The molecular formula is C11H16ClNO2. The lowest BCUT2D eigenvalue weighted by Gasteiger charge is -2.11. The summed E-state index contributed by atoms with van der Waals surface area (Å²) in [7, 11) is 1.96. The van der Waals surface area contributed by atoms with Crippen LogP contribution in [0.3, 0.4) is 0 Å². The van der Waals surface area contributed by atoms with Crippen LogP contribution in [0.4, 0.5) is 0 Å². The fourth-order valence-electron chi connectivity index (χ4n) is 1.58. The first-order chi connectivity index (χ1) is 6.81. The molecule has 0 spiro atoms. The van der Waals surface area contributed by atoms with E-state index in [1.54, 1.807) is 0 Å². The minimum absolute atomic E-state index is 0. The summed E-state index contributed by atoms with van der Waals surface area (Å²) < 4.78 is 10.7. The third-order valence-corrected chi connectivity index (χ3v) is 2.50. The second kappa shape index (κ2) is 5.24. The van der Waals surface area contributed by atoms with Crippen LogP contribution >= 0.6 is 12.4 Å². The van der Waals surface area contributed by atoms with Gasteiger partial charge in [-0.05, 0) is 32.0 Å². The van der Waals surface area contributed by atoms with Crippen molar-refractivity contribution in [3.05, 3.63) is 23.8 Å². The number of ether oxygens (including phenoxy) is 2. The molecule has 0 saturated heterocycles. The van der Waals surface area contributed by atoms with E-state index in [1.807, 2.05) is 19.2 Å². The molecule has 1 aromatic carbocycles. The van der Waals surface area contributed by atoms with Gasteiger partial charge in [0, 0.05) is 6.04 Å². The predicted octanol–water partition coefficient (Wildman–Crippen LogP) is 1.99. The first kappa shape index (κ1) is 12.1. The predicted molar refractivity (Wildman–Crippen MR) is 62.0 cm³/mol. The Morgan fingerprint density at radius 1 is 1.40 bits per heavy atom. The zero-order chi connectivity index (χ0) is 9.97. The molecule has 0 radical (unpaired) electrons. The van der Waals surface area contributed by atoms with Gasteiger partial charge in [0.15, 0.2) is 11.5 Å². The topological polar surface area (TPSA) is 30.5 Å². The maximum atomic E-state index is 5.42. The van der Waals surface area contributed by atoms with E-state index in [0.29, 0.717) is 12.8 Å². The van der Waals surface area contributed by atoms with Gasteiger partial charge in [-0.3, -0.25) is 0 Å². The molecule has 1 unspecified atom stereocenters. The number of halogens is 1. The maximum Gasteiger partial charge on any atom is 0.231 e. The molecule has 2 rings (SSSR count). The number of hydrogen-bond acceptors (Lipinski definition) is 3. The van der Waals surface area contributed by atoms with Gasteiger partial charge in [-0.2, -0.15) is 0 Å². The normalized spacial score (nSPS) is 14.5. The van der Waals surface area contributed by atoms with Crippen LogP contribution in [0, 0.1) is 0 Å². The monoisotopic (exact) mass is 229 g/mol. The number of benzene rings is 1. The Labute approximate surface area is 96.2 Å². The quantitative estimate of drug-likeness (QED) is 0.860. The van der Waals surface area contributed by atoms with Crippen LogP contribution in [0.25, 0.3) is 0 Å². The second-order valence-electron chi connectivity index (χ2n) is 3.54. The lowest BCUT2D eigenvalue weighted by Crippen LogP contribution is -2.23. The van der Waals surface area contributed by atoms with Crippen molar-refractivity contribution in [3.63, 3.8) is 0 Å². The van der Waals surface area contributed by atoms with Crippen LogP contribution in [0.5, 0.6) is 11.5 Å². The molecule has 0 aromatic heterocycles. The molecule has 1 aliphatic heterocycles. The van der Waals surface area contributed by atoms with Crippen molar-refractivity contribution in [2.75, 3.05) is 13.8 Å². The highest BCUT2D eigenvalue weighted by atomic mass is 35.5. The van der Waals surface area contributed by atoms with E-state index in [-0.39, 0.29) is 12.4 Å². The fourth-order valence-corrected chi connectivity index (χ4v) is 1.58. The van der Waals surface area contributed by atoms with Gasteiger partial charge in [-0.25, -0.2) is 0 Å². The molecular weight excluding hydrogens is 214 g/mol. The molecule has 1 aliphatic rings. The van der Waals surface area contributed by atoms with E-state index < -0.39 is 0 Å². The van der Waals surface area contributed by atoms with Gasteiger partial charge < -0.3 is 14.8 Å². The van der Waals surface area contributed by atoms with E-state index in [9.17, 15) is 0 Å². The number of rotatable bonds is 3. The van der Waals surface area contributed by atoms with Crippen molar-refractivity contribution in [2.45, 2.75) is 19.4 Å². The average Bonchev–Trinajstić information content (AvgIpc) is 2.66. The van der Waals surface area contributed by atoms with E-state index in [4.69, 9.17) is 9.47 Å². The van der Waals surface area contributed by atoms with Crippen LogP contribution in [0.1, 0.15) is 12.5 Å². The number of fused-ring (bicyclic) bond motifs is 1. The molecule has 15 heavy (non-hydrogen) atoms. The van der Waals surface area contributed by atoms with Crippen LogP contribution in [0.2, 0.25) is 0 Å². The Balaban J connectivity index is 0.00000112. The van der Waals surface area contributed by atoms with Gasteiger partial charge in [-0.1, -0.05) is 12.1 Å². The van der Waals surface area contributed by atoms with Crippen molar-refractivity contribution in [1.82, 2.24) is 5.32 Å².